The number of amides is 2. The number of para-hydroxylation sites is 1. The van der Waals surface area contributed by atoms with Crippen molar-refractivity contribution in [3.63, 3.8) is 0 Å². The second-order valence-corrected chi connectivity index (χ2v) is 8.11. The lowest BCUT2D eigenvalue weighted by atomic mass is 10.0. The third kappa shape index (κ3) is 4.52. The van der Waals surface area contributed by atoms with Crippen LogP contribution in [0.25, 0.3) is 0 Å². The van der Waals surface area contributed by atoms with E-state index < -0.39 is 12.1 Å². The van der Waals surface area contributed by atoms with Gasteiger partial charge in [-0.1, -0.05) is 24.3 Å². The van der Waals surface area contributed by atoms with Crippen molar-refractivity contribution in [3.8, 4) is 17.2 Å². The van der Waals surface area contributed by atoms with Crippen LogP contribution in [-0.2, 0) is 0 Å². The maximum absolute atomic E-state index is 13.5. The molecule has 3 aromatic carbocycles. The summed E-state index contributed by atoms with van der Waals surface area (Å²) in [5.74, 6) is 0.202. The summed E-state index contributed by atoms with van der Waals surface area (Å²) in [6.45, 7) is 0. The van der Waals surface area contributed by atoms with Gasteiger partial charge in [-0.15, -0.1) is 0 Å². The van der Waals surface area contributed by atoms with Crippen LogP contribution in [0.4, 0.5) is 11.4 Å². The summed E-state index contributed by atoms with van der Waals surface area (Å²) < 4.78 is 16.1. The van der Waals surface area contributed by atoms with E-state index in [0.717, 1.165) is 11.3 Å². The first-order valence-electron chi connectivity index (χ1n) is 10.9. The smallest absolute Gasteiger partial charge is 0.276 e. The molecule has 0 saturated carbocycles. The Balaban J connectivity index is 1.71. The third-order valence-corrected chi connectivity index (χ3v) is 5.80. The minimum Gasteiger partial charge on any atom is -0.493 e. The molecule has 4 rings (SSSR count). The molecule has 2 amide bonds. The molecule has 1 atom stereocenters. The lowest BCUT2D eigenvalue weighted by Gasteiger charge is -2.38. The fraction of sp³-hybridized carbons (Fsp3) is 0.231. The summed E-state index contributed by atoms with van der Waals surface area (Å²) in [7, 11) is 8.35. The van der Waals surface area contributed by atoms with Gasteiger partial charge < -0.3 is 24.4 Å². The zero-order valence-corrected chi connectivity index (χ0v) is 20.3. The number of carbonyl (C=O) groups is 2. The van der Waals surface area contributed by atoms with E-state index >= 15 is 0 Å². The van der Waals surface area contributed by atoms with Gasteiger partial charge in [0.25, 0.3) is 11.8 Å². The Hall–Kier alpha value is -4.40. The van der Waals surface area contributed by atoms with E-state index in [4.69, 9.17) is 14.2 Å². The number of benzene rings is 3. The highest BCUT2D eigenvalue weighted by Crippen LogP contribution is 2.38. The number of hydrazine groups is 1. The van der Waals surface area contributed by atoms with Gasteiger partial charge in [-0.2, -0.15) is 0 Å². The molecule has 35 heavy (non-hydrogen) atoms. The van der Waals surface area contributed by atoms with Gasteiger partial charge in [0.15, 0.2) is 11.5 Å². The highest BCUT2D eigenvalue weighted by atomic mass is 16.5. The standard InChI is InChI=1S/C26H28N4O5/c1-29(2)18-12-10-16(11-13-18)24-27-20-9-7-6-8-19(20)26(32)30(24)28-25(31)17-14-21(33-3)23(35-5)22(15-17)34-4/h6-15,24,27H,1-5H3,(H,28,31). The average Bonchev–Trinajstić information content (AvgIpc) is 2.89. The minimum absolute atomic E-state index is 0.243. The molecule has 1 heterocycles. The van der Waals surface area contributed by atoms with Gasteiger partial charge in [-0.25, -0.2) is 5.01 Å². The molecule has 9 nitrogen and oxygen atoms in total. The van der Waals surface area contributed by atoms with E-state index in [-0.39, 0.29) is 11.5 Å². The number of rotatable bonds is 7. The second-order valence-electron chi connectivity index (χ2n) is 8.11. The average molecular weight is 477 g/mol. The van der Waals surface area contributed by atoms with Crippen LogP contribution in [-0.4, -0.2) is 52.2 Å². The van der Waals surface area contributed by atoms with Crippen LogP contribution < -0.4 is 29.9 Å². The number of ether oxygens (including phenoxy) is 3. The van der Waals surface area contributed by atoms with Crippen molar-refractivity contribution in [1.29, 1.82) is 0 Å². The van der Waals surface area contributed by atoms with Gasteiger partial charge in [0, 0.05) is 31.0 Å². The quantitative estimate of drug-likeness (QED) is 0.537. The van der Waals surface area contributed by atoms with E-state index in [0.29, 0.717) is 28.5 Å². The lowest BCUT2D eigenvalue weighted by Crippen LogP contribution is -2.52. The summed E-state index contributed by atoms with van der Waals surface area (Å²) in [5.41, 5.74) is 5.99. The van der Waals surface area contributed by atoms with Crippen LogP contribution in [0.15, 0.2) is 60.7 Å². The van der Waals surface area contributed by atoms with E-state index in [1.807, 2.05) is 55.4 Å². The monoisotopic (exact) mass is 476 g/mol. The Morgan fingerprint density at radius 2 is 1.57 bits per heavy atom. The van der Waals surface area contributed by atoms with Gasteiger partial charge in [0.1, 0.15) is 6.17 Å². The minimum atomic E-state index is -0.625. The summed E-state index contributed by atoms with van der Waals surface area (Å²) >= 11 is 0. The van der Waals surface area contributed by atoms with Crippen molar-refractivity contribution < 1.29 is 23.8 Å². The molecule has 0 bridgehead atoms. The predicted octanol–water partition coefficient (Wildman–Crippen LogP) is 3.69. The van der Waals surface area contributed by atoms with Gasteiger partial charge in [0.2, 0.25) is 5.75 Å². The van der Waals surface area contributed by atoms with Crippen molar-refractivity contribution in [1.82, 2.24) is 10.4 Å². The third-order valence-electron chi connectivity index (χ3n) is 5.80. The zero-order chi connectivity index (χ0) is 25.1. The highest BCUT2D eigenvalue weighted by Gasteiger charge is 2.34. The molecule has 1 unspecified atom stereocenters. The normalized spacial score (nSPS) is 14.5. The van der Waals surface area contributed by atoms with Crippen LogP contribution in [0.1, 0.15) is 32.4 Å². The maximum atomic E-state index is 13.5. The molecule has 0 aromatic heterocycles. The number of nitrogens with zero attached hydrogens (tertiary/aromatic N) is 2. The van der Waals surface area contributed by atoms with Gasteiger partial charge >= 0.3 is 0 Å². The first kappa shape index (κ1) is 23.7. The van der Waals surface area contributed by atoms with Gasteiger partial charge in [-0.3, -0.25) is 15.0 Å². The summed E-state index contributed by atoms with van der Waals surface area (Å²) in [6.07, 6.45) is -0.625. The van der Waals surface area contributed by atoms with Crippen LogP contribution in [0.5, 0.6) is 17.2 Å². The molecule has 1 aliphatic rings. The second kappa shape index (κ2) is 9.84. The molecule has 1 aliphatic heterocycles. The summed E-state index contributed by atoms with van der Waals surface area (Å²) in [4.78, 5) is 28.8. The van der Waals surface area contributed by atoms with Gasteiger partial charge in [-0.05, 0) is 42.0 Å². The molecular formula is C26H28N4O5. The Morgan fingerprint density at radius 1 is 0.943 bits per heavy atom. The summed E-state index contributed by atoms with van der Waals surface area (Å²) in [5, 5.41) is 4.67. The molecule has 0 fully saturated rings. The molecular weight excluding hydrogens is 448 g/mol. The Labute approximate surface area is 204 Å². The maximum Gasteiger partial charge on any atom is 0.276 e. The topological polar surface area (TPSA) is 92.4 Å². The van der Waals surface area contributed by atoms with Crippen molar-refractivity contribution in [2.75, 3.05) is 45.6 Å². The summed E-state index contributed by atoms with van der Waals surface area (Å²) in [6, 6.07) is 18.0. The number of carbonyl (C=O) groups excluding carboxylic acids is 2. The fourth-order valence-electron chi connectivity index (χ4n) is 3.94. The number of hydrogen-bond acceptors (Lipinski definition) is 7. The number of fused-ring (bicyclic) bond motifs is 1. The molecule has 0 spiro atoms. The van der Waals surface area contributed by atoms with Crippen molar-refractivity contribution in [2.24, 2.45) is 0 Å². The van der Waals surface area contributed by atoms with E-state index in [1.54, 1.807) is 12.1 Å². The number of anilines is 2. The number of methoxy groups -OCH3 is 3. The van der Waals surface area contributed by atoms with Crippen molar-refractivity contribution in [2.45, 2.75) is 6.17 Å². The van der Waals surface area contributed by atoms with E-state index in [2.05, 4.69) is 10.7 Å². The molecule has 0 radical (unpaired) electrons. The molecule has 9 heteroatoms. The number of hydrogen-bond donors (Lipinski definition) is 2. The molecule has 182 valence electrons. The first-order valence-corrected chi connectivity index (χ1v) is 10.9. The molecule has 0 aliphatic carbocycles. The van der Waals surface area contributed by atoms with Crippen LogP contribution in [0.2, 0.25) is 0 Å². The largest absolute Gasteiger partial charge is 0.493 e. The SMILES string of the molecule is COc1cc(C(=O)NN2C(=O)c3ccccc3NC2c2ccc(N(C)C)cc2)cc(OC)c1OC. The number of nitrogens with one attached hydrogen (secondary N) is 2. The Morgan fingerprint density at radius 3 is 2.14 bits per heavy atom. The fourth-order valence-corrected chi connectivity index (χ4v) is 3.94. The van der Waals surface area contributed by atoms with Crippen LogP contribution >= 0.6 is 0 Å². The Kier molecular flexibility index (Phi) is 6.68. The first-order chi connectivity index (χ1) is 16.9. The van der Waals surface area contributed by atoms with E-state index in [1.165, 1.54) is 38.5 Å². The highest BCUT2D eigenvalue weighted by molar-refractivity contribution is 6.04. The van der Waals surface area contributed by atoms with Gasteiger partial charge in [0.05, 0.1) is 26.9 Å². The Bertz CT molecular complexity index is 1220. The predicted molar refractivity (Wildman–Crippen MR) is 133 cm³/mol. The molecule has 0 saturated heterocycles. The van der Waals surface area contributed by atoms with Crippen LogP contribution in [0, 0.1) is 0 Å². The van der Waals surface area contributed by atoms with Crippen molar-refractivity contribution in [3.05, 3.63) is 77.4 Å². The van der Waals surface area contributed by atoms with Crippen LogP contribution in [0.3, 0.4) is 0 Å². The van der Waals surface area contributed by atoms with E-state index in [9.17, 15) is 9.59 Å². The van der Waals surface area contributed by atoms with Crippen molar-refractivity contribution >= 4 is 23.2 Å². The lowest BCUT2D eigenvalue weighted by molar-refractivity contribution is 0.0490. The zero-order valence-electron chi connectivity index (χ0n) is 20.3. The molecule has 3 aromatic rings. The molecule has 2 N–H and O–H groups in total.